The van der Waals surface area contributed by atoms with E-state index in [2.05, 4.69) is 0 Å². The van der Waals surface area contributed by atoms with Crippen LogP contribution in [0.5, 0.6) is 11.5 Å². The van der Waals surface area contributed by atoms with Crippen molar-refractivity contribution in [1.29, 1.82) is 0 Å². The van der Waals surface area contributed by atoms with Crippen LogP contribution in [0.3, 0.4) is 0 Å². The first-order chi connectivity index (χ1) is 15.0. The summed E-state index contributed by atoms with van der Waals surface area (Å²) in [5, 5.41) is 0. The Balaban J connectivity index is 1.58. The van der Waals surface area contributed by atoms with Gasteiger partial charge >= 0.3 is 5.97 Å². The largest absolute Gasteiger partial charge is 0.474 e. The van der Waals surface area contributed by atoms with Gasteiger partial charge in [-0.05, 0) is 42.8 Å². The third-order valence-electron chi connectivity index (χ3n) is 4.67. The summed E-state index contributed by atoms with van der Waals surface area (Å²) in [4.78, 5) is 25.1. The molecule has 0 bridgehead atoms. The number of hydrogen-bond donors (Lipinski definition) is 0. The highest BCUT2D eigenvalue weighted by molar-refractivity contribution is 6.14. The molecule has 0 saturated carbocycles. The van der Waals surface area contributed by atoms with Crippen molar-refractivity contribution in [3.63, 3.8) is 0 Å². The van der Waals surface area contributed by atoms with Gasteiger partial charge in [0.2, 0.25) is 11.9 Å². The molecule has 1 aliphatic rings. The SMILES string of the molecule is CCOC(=O)C(Oc1ccc2c(c1)O/C(=C\c1ccc(F)cc1)C2=O)c1ccccc1. The van der Waals surface area contributed by atoms with Gasteiger partial charge in [-0.15, -0.1) is 0 Å². The summed E-state index contributed by atoms with van der Waals surface area (Å²) in [5.41, 5.74) is 1.67. The van der Waals surface area contributed by atoms with Crippen molar-refractivity contribution in [2.45, 2.75) is 13.0 Å². The fraction of sp³-hybridized carbons (Fsp3) is 0.120. The van der Waals surface area contributed by atoms with E-state index >= 15 is 0 Å². The summed E-state index contributed by atoms with van der Waals surface area (Å²) in [5.74, 6) is -0.341. The minimum Gasteiger partial charge on any atom is -0.474 e. The minimum atomic E-state index is -0.953. The summed E-state index contributed by atoms with van der Waals surface area (Å²) in [6.07, 6.45) is 0.596. The molecule has 5 nitrogen and oxygen atoms in total. The van der Waals surface area contributed by atoms with Gasteiger partial charge in [-0.1, -0.05) is 42.5 Å². The van der Waals surface area contributed by atoms with E-state index in [0.717, 1.165) is 0 Å². The van der Waals surface area contributed by atoms with E-state index in [1.54, 1.807) is 55.5 Å². The number of Topliss-reactive ketones (excluding diaryl/α,β-unsaturated/α-hetero) is 1. The van der Waals surface area contributed by atoms with E-state index in [0.29, 0.717) is 28.2 Å². The molecule has 3 aromatic rings. The summed E-state index contributed by atoms with van der Waals surface area (Å²) in [6.45, 7) is 1.95. The lowest BCUT2D eigenvalue weighted by molar-refractivity contribution is -0.151. The zero-order valence-electron chi connectivity index (χ0n) is 16.7. The summed E-state index contributed by atoms with van der Waals surface area (Å²) in [6, 6.07) is 19.5. The number of allylic oxidation sites excluding steroid dienone is 1. The molecule has 1 heterocycles. The molecule has 6 heteroatoms. The standard InChI is InChI=1S/C25H19FO5/c1-2-29-25(28)24(17-6-4-3-5-7-17)30-19-12-13-20-21(15-19)31-22(23(20)27)14-16-8-10-18(26)11-9-16/h3-15,24H,2H2,1H3/b22-14-. The molecule has 156 valence electrons. The van der Waals surface area contributed by atoms with Crippen molar-refractivity contribution in [2.75, 3.05) is 6.61 Å². The van der Waals surface area contributed by atoms with E-state index < -0.39 is 12.1 Å². The lowest BCUT2D eigenvalue weighted by Gasteiger charge is -2.18. The average Bonchev–Trinajstić information content (AvgIpc) is 3.09. The first kappa shape index (κ1) is 20.3. The topological polar surface area (TPSA) is 61.8 Å². The lowest BCUT2D eigenvalue weighted by Crippen LogP contribution is -2.21. The van der Waals surface area contributed by atoms with Crippen molar-refractivity contribution in [1.82, 2.24) is 0 Å². The summed E-state index contributed by atoms with van der Waals surface area (Å²) < 4.78 is 29.9. The van der Waals surface area contributed by atoms with E-state index in [9.17, 15) is 14.0 Å². The third kappa shape index (κ3) is 4.48. The molecule has 3 aromatic carbocycles. The Morgan fingerprint density at radius 2 is 1.81 bits per heavy atom. The third-order valence-corrected chi connectivity index (χ3v) is 4.67. The first-order valence-electron chi connectivity index (χ1n) is 9.77. The van der Waals surface area contributed by atoms with E-state index in [1.807, 2.05) is 18.2 Å². The molecule has 0 aliphatic carbocycles. The number of ether oxygens (including phenoxy) is 3. The van der Waals surface area contributed by atoms with Crippen molar-refractivity contribution in [3.05, 3.63) is 101 Å². The van der Waals surface area contributed by atoms with Crippen LogP contribution in [0.1, 0.15) is 34.5 Å². The van der Waals surface area contributed by atoms with Gasteiger partial charge in [-0.25, -0.2) is 9.18 Å². The van der Waals surface area contributed by atoms with E-state index in [-0.39, 0.29) is 24.0 Å². The maximum Gasteiger partial charge on any atom is 0.352 e. The number of halogens is 1. The molecule has 0 radical (unpaired) electrons. The maximum atomic E-state index is 13.1. The van der Waals surface area contributed by atoms with Gasteiger partial charge < -0.3 is 14.2 Å². The molecule has 0 spiro atoms. The Morgan fingerprint density at radius 1 is 1.06 bits per heavy atom. The van der Waals surface area contributed by atoms with Gasteiger partial charge in [-0.2, -0.15) is 0 Å². The number of benzene rings is 3. The Labute approximate surface area is 178 Å². The highest BCUT2D eigenvalue weighted by Crippen LogP contribution is 2.36. The first-order valence-corrected chi connectivity index (χ1v) is 9.77. The fourth-order valence-electron chi connectivity index (χ4n) is 3.19. The minimum absolute atomic E-state index is 0.128. The van der Waals surface area contributed by atoms with Gasteiger partial charge in [0.15, 0.2) is 5.76 Å². The Hall–Kier alpha value is -3.93. The number of esters is 1. The monoisotopic (exact) mass is 418 g/mol. The lowest BCUT2D eigenvalue weighted by atomic mass is 10.1. The Kier molecular flexibility index (Phi) is 5.80. The van der Waals surface area contributed by atoms with Crippen LogP contribution >= 0.6 is 0 Å². The van der Waals surface area contributed by atoms with Crippen LogP contribution in [-0.4, -0.2) is 18.4 Å². The molecule has 0 fully saturated rings. The van der Waals surface area contributed by atoms with Crippen LogP contribution in [0, 0.1) is 5.82 Å². The molecule has 1 atom stereocenters. The molecule has 0 amide bonds. The molecular formula is C25H19FO5. The number of fused-ring (bicyclic) bond motifs is 1. The number of hydrogen-bond acceptors (Lipinski definition) is 5. The Bertz CT molecular complexity index is 1140. The van der Waals surface area contributed by atoms with Crippen molar-refractivity contribution in [2.24, 2.45) is 0 Å². The second-order valence-electron chi connectivity index (χ2n) is 6.81. The second-order valence-corrected chi connectivity index (χ2v) is 6.81. The van der Waals surface area contributed by atoms with Crippen LogP contribution in [0.15, 0.2) is 78.6 Å². The van der Waals surface area contributed by atoms with Crippen molar-refractivity contribution >= 4 is 17.8 Å². The number of carbonyl (C=O) groups is 2. The molecule has 0 aromatic heterocycles. The number of carbonyl (C=O) groups excluding carboxylic acids is 2. The molecule has 1 aliphatic heterocycles. The van der Waals surface area contributed by atoms with Crippen LogP contribution in [0.4, 0.5) is 4.39 Å². The molecular weight excluding hydrogens is 399 g/mol. The van der Waals surface area contributed by atoms with E-state index in [4.69, 9.17) is 14.2 Å². The van der Waals surface area contributed by atoms with Crippen LogP contribution in [0.25, 0.3) is 6.08 Å². The van der Waals surface area contributed by atoms with Gasteiger partial charge in [0.05, 0.1) is 12.2 Å². The van der Waals surface area contributed by atoms with Crippen LogP contribution in [0.2, 0.25) is 0 Å². The quantitative estimate of drug-likeness (QED) is 0.411. The van der Waals surface area contributed by atoms with Crippen molar-refractivity contribution in [3.8, 4) is 11.5 Å². The molecule has 0 saturated heterocycles. The summed E-state index contributed by atoms with van der Waals surface area (Å²) in [7, 11) is 0. The Morgan fingerprint density at radius 3 is 2.52 bits per heavy atom. The smallest absolute Gasteiger partial charge is 0.352 e. The predicted molar refractivity (Wildman–Crippen MR) is 112 cm³/mol. The highest BCUT2D eigenvalue weighted by atomic mass is 19.1. The highest BCUT2D eigenvalue weighted by Gasteiger charge is 2.29. The summed E-state index contributed by atoms with van der Waals surface area (Å²) >= 11 is 0. The zero-order chi connectivity index (χ0) is 21.8. The van der Waals surface area contributed by atoms with Gasteiger partial charge in [-0.3, -0.25) is 4.79 Å². The van der Waals surface area contributed by atoms with Gasteiger partial charge in [0.1, 0.15) is 17.3 Å². The van der Waals surface area contributed by atoms with Crippen LogP contribution in [-0.2, 0) is 9.53 Å². The van der Waals surface area contributed by atoms with Gasteiger partial charge in [0.25, 0.3) is 0 Å². The van der Waals surface area contributed by atoms with Gasteiger partial charge in [0, 0.05) is 11.6 Å². The average molecular weight is 418 g/mol. The predicted octanol–water partition coefficient (Wildman–Crippen LogP) is 5.13. The number of ketones is 1. The molecule has 4 rings (SSSR count). The fourth-order valence-corrected chi connectivity index (χ4v) is 3.19. The second kappa shape index (κ2) is 8.83. The zero-order valence-corrected chi connectivity index (χ0v) is 16.7. The van der Waals surface area contributed by atoms with Crippen LogP contribution < -0.4 is 9.47 Å². The van der Waals surface area contributed by atoms with Crippen molar-refractivity contribution < 1.29 is 28.2 Å². The normalized spacial score (nSPS) is 14.6. The molecule has 1 unspecified atom stereocenters. The molecule has 0 N–H and O–H groups in total. The maximum absolute atomic E-state index is 13.1. The number of rotatable bonds is 6. The molecule has 31 heavy (non-hydrogen) atoms. The van der Waals surface area contributed by atoms with E-state index in [1.165, 1.54) is 12.1 Å².